The molecular weight excluding hydrogens is 354 g/mol. The van der Waals surface area contributed by atoms with Gasteiger partial charge in [-0.1, -0.05) is 29.8 Å². The number of rotatable bonds is 5. The lowest BCUT2D eigenvalue weighted by molar-refractivity contribution is 0.0366. The van der Waals surface area contributed by atoms with Gasteiger partial charge in [-0.25, -0.2) is 9.78 Å². The predicted octanol–water partition coefficient (Wildman–Crippen LogP) is 3.32. The topological polar surface area (TPSA) is 71.4 Å². The summed E-state index contributed by atoms with van der Waals surface area (Å²) in [6.07, 6.45) is 0. The van der Waals surface area contributed by atoms with Crippen LogP contribution < -0.4 is 10.6 Å². The van der Waals surface area contributed by atoms with Crippen molar-refractivity contribution < 1.29 is 9.53 Å². The van der Waals surface area contributed by atoms with Crippen molar-refractivity contribution in [1.82, 2.24) is 14.5 Å². The molecule has 2 amide bonds. The molecule has 2 heterocycles. The number of aromatic nitrogens is 2. The summed E-state index contributed by atoms with van der Waals surface area (Å²) in [5.41, 5.74) is 3.78. The first-order valence-corrected chi connectivity index (χ1v) is 9.59. The molecule has 1 aliphatic heterocycles. The highest BCUT2D eigenvalue weighted by Gasteiger charge is 2.16. The number of amides is 2. The van der Waals surface area contributed by atoms with Gasteiger partial charge in [0.1, 0.15) is 0 Å². The Bertz CT molecular complexity index is 945. The van der Waals surface area contributed by atoms with Gasteiger partial charge in [-0.2, -0.15) is 0 Å². The van der Waals surface area contributed by atoms with Crippen LogP contribution in [0.3, 0.4) is 0 Å². The summed E-state index contributed by atoms with van der Waals surface area (Å²) >= 11 is 0. The Balaban J connectivity index is 1.50. The molecule has 0 atom stereocenters. The van der Waals surface area contributed by atoms with E-state index in [9.17, 15) is 4.79 Å². The van der Waals surface area contributed by atoms with Gasteiger partial charge in [0.25, 0.3) is 0 Å². The molecule has 1 aliphatic rings. The molecule has 7 heteroatoms. The number of anilines is 2. The normalized spacial score (nSPS) is 14.9. The Kier molecular flexibility index (Phi) is 5.55. The van der Waals surface area contributed by atoms with E-state index in [0.29, 0.717) is 5.95 Å². The van der Waals surface area contributed by atoms with Crippen molar-refractivity contribution in [1.29, 1.82) is 0 Å². The number of ether oxygens (including phenoxy) is 1. The van der Waals surface area contributed by atoms with Crippen LogP contribution in [-0.4, -0.2) is 53.3 Å². The van der Waals surface area contributed by atoms with Crippen LogP contribution in [0.15, 0.2) is 48.5 Å². The number of morpholine rings is 1. The number of imidazole rings is 1. The summed E-state index contributed by atoms with van der Waals surface area (Å²) < 4.78 is 7.49. The van der Waals surface area contributed by atoms with Crippen LogP contribution in [0, 0.1) is 6.92 Å². The Morgan fingerprint density at radius 2 is 1.79 bits per heavy atom. The molecule has 0 aliphatic carbocycles. The summed E-state index contributed by atoms with van der Waals surface area (Å²) in [7, 11) is 0. The van der Waals surface area contributed by atoms with E-state index in [1.807, 2.05) is 55.5 Å². The number of para-hydroxylation sites is 2. The Labute approximate surface area is 164 Å². The molecule has 0 radical (unpaired) electrons. The van der Waals surface area contributed by atoms with Crippen molar-refractivity contribution in [3.63, 3.8) is 0 Å². The third-order valence-corrected chi connectivity index (χ3v) is 4.93. The molecule has 4 rings (SSSR count). The maximum absolute atomic E-state index is 12.5. The van der Waals surface area contributed by atoms with Gasteiger partial charge < -0.3 is 14.6 Å². The predicted molar refractivity (Wildman–Crippen MR) is 111 cm³/mol. The third-order valence-electron chi connectivity index (χ3n) is 4.93. The lowest BCUT2D eigenvalue weighted by Crippen LogP contribution is -2.38. The van der Waals surface area contributed by atoms with Gasteiger partial charge in [0.05, 0.1) is 24.2 Å². The molecule has 28 heavy (non-hydrogen) atoms. The molecule has 2 N–H and O–H groups in total. The molecule has 0 spiro atoms. The Morgan fingerprint density at radius 1 is 1.04 bits per heavy atom. The van der Waals surface area contributed by atoms with E-state index < -0.39 is 0 Å². The van der Waals surface area contributed by atoms with Crippen molar-refractivity contribution in [2.75, 3.05) is 43.5 Å². The van der Waals surface area contributed by atoms with Gasteiger partial charge in [-0.3, -0.25) is 10.2 Å². The molecular formula is C21H25N5O2. The monoisotopic (exact) mass is 379 g/mol. The van der Waals surface area contributed by atoms with Gasteiger partial charge in [0.15, 0.2) is 0 Å². The Hall–Kier alpha value is -2.90. The molecule has 3 aromatic rings. The second-order valence-corrected chi connectivity index (χ2v) is 6.97. The zero-order chi connectivity index (χ0) is 19.3. The number of carbonyl (C=O) groups excluding carboxylic acids is 1. The van der Waals surface area contributed by atoms with E-state index in [0.717, 1.165) is 61.7 Å². The SMILES string of the molecule is Cc1ccc(NC(=O)Nc2nc3ccccc3n2CCN2CCOCC2)cc1. The van der Waals surface area contributed by atoms with Crippen LogP contribution in [0.1, 0.15) is 5.56 Å². The number of hydrogen-bond acceptors (Lipinski definition) is 4. The zero-order valence-electron chi connectivity index (χ0n) is 16.0. The number of hydrogen-bond donors (Lipinski definition) is 2. The highest BCUT2D eigenvalue weighted by molar-refractivity contribution is 5.99. The van der Waals surface area contributed by atoms with Crippen molar-refractivity contribution in [3.8, 4) is 0 Å². The van der Waals surface area contributed by atoms with Gasteiger partial charge >= 0.3 is 6.03 Å². The number of fused-ring (bicyclic) bond motifs is 1. The van der Waals surface area contributed by atoms with Crippen molar-refractivity contribution in [2.24, 2.45) is 0 Å². The maximum atomic E-state index is 12.5. The average molecular weight is 379 g/mol. The highest BCUT2D eigenvalue weighted by Crippen LogP contribution is 2.20. The third kappa shape index (κ3) is 4.32. The number of benzene rings is 2. The number of aryl methyl sites for hydroxylation is 1. The maximum Gasteiger partial charge on any atom is 0.326 e. The van der Waals surface area contributed by atoms with Gasteiger partial charge in [-0.15, -0.1) is 0 Å². The molecule has 146 valence electrons. The average Bonchev–Trinajstić information content (AvgIpc) is 3.06. The minimum Gasteiger partial charge on any atom is -0.379 e. The lowest BCUT2D eigenvalue weighted by atomic mass is 10.2. The fourth-order valence-corrected chi connectivity index (χ4v) is 3.36. The molecule has 7 nitrogen and oxygen atoms in total. The fraction of sp³-hybridized carbons (Fsp3) is 0.333. The van der Waals surface area contributed by atoms with Crippen molar-refractivity contribution in [2.45, 2.75) is 13.5 Å². The van der Waals surface area contributed by atoms with Crippen molar-refractivity contribution >= 4 is 28.7 Å². The van der Waals surface area contributed by atoms with Crippen LogP contribution in [0.5, 0.6) is 0 Å². The first kappa shape index (κ1) is 18.5. The summed E-state index contributed by atoms with van der Waals surface area (Å²) in [5, 5.41) is 5.77. The minimum atomic E-state index is -0.299. The zero-order valence-corrected chi connectivity index (χ0v) is 16.0. The van der Waals surface area contributed by atoms with Crippen LogP contribution in [0.25, 0.3) is 11.0 Å². The highest BCUT2D eigenvalue weighted by atomic mass is 16.5. The van der Waals surface area contributed by atoms with Gasteiger partial charge in [0, 0.05) is 31.9 Å². The molecule has 1 saturated heterocycles. The summed E-state index contributed by atoms with van der Waals surface area (Å²) in [4.78, 5) is 19.5. The molecule has 0 bridgehead atoms. The second kappa shape index (κ2) is 8.41. The van der Waals surface area contributed by atoms with E-state index in [2.05, 4.69) is 25.1 Å². The summed E-state index contributed by atoms with van der Waals surface area (Å²) in [6, 6.07) is 15.3. The molecule has 1 fully saturated rings. The van der Waals surface area contributed by atoms with Gasteiger partial charge in [-0.05, 0) is 31.2 Å². The minimum absolute atomic E-state index is 0.299. The largest absolute Gasteiger partial charge is 0.379 e. The molecule has 0 saturated carbocycles. The summed E-state index contributed by atoms with van der Waals surface area (Å²) in [5.74, 6) is 0.555. The fourth-order valence-electron chi connectivity index (χ4n) is 3.36. The second-order valence-electron chi connectivity index (χ2n) is 6.97. The number of urea groups is 1. The van der Waals surface area contributed by atoms with E-state index in [-0.39, 0.29) is 6.03 Å². The Morgan fingerprint density at radius 3 is 2.57 bits per heavy atom. The van der Waals surface area contributed by atoms with E-state index in [1.165, 1.54) is 0 Å². The van der Waals surface area contributed by atoms with E-state index in [4.69, 9.17) is 4.74 Å². The van der Waals surface area contributed by atoms with Crippen LogP contribution in [0.4, 0.5) is 16.4 Å². The standard InChI is InChI=1S/C21H25N5O2/c1-16-6-8-17(9-7-16)22-21(27)24-20-23-18-4-2-3-5-19(18)26(20)11-10-25-12-14-28-15-13-25/h2-9H,10-15H2,1H3,(H2,22,23,24,27). The number of nitrogens with zero attached hydrogens (tertiary/aromatic N) is 3. The van der Waals surface area contributed by atoms with Crippen LogP contribution in [-0.2, 0) is 11.3 Å². The van der Waals surface area contributed by atoms with Crippen molar-refractivity contribution in [3.05, 3.63) is 54.1 Å². The first-order chi connectivity index (χ1) is 13.7. The van der Waals surface area contributed by atoms with Crippen LogP contribution >= 0.6 is 0 Å². The molecule has 2 aromatic carbocycles. The molecule has 1 aromatic heterocycles. The van der Waals surface area contributed by atoms with E-state index >= 15 is 0 Å². The van der Waals surface area contributed by atoms with Gasteiger partial charge in [0.2, 0.25) is 5.95 Å². The molecule has 0 unspecified atom stereocenters. The summed E-state index contributed by atoms with van der Waals surface area (Å²) in [6.45, 7) is 7.06. The first-order valence-electron chi connectivity index (χ1n) is 9.59. The smallest absolute Gasteiger partial charge is 0.326 e. The van der Waals surface area contributed by atoms with Crippen LogP contribution in [0.2, 0.25) is 0 Å². The lowest BCUT2D eigenvalue weighted by Gasteiger charge is -2.26. The number of carbonyl (C=O) groups is 1. The quantitative estimate of drug-likeness (QED) is 0.713. The number of nitrogens with one attached hydrogen (secondary N) is 2. The van der Waals surface area contributed by atoms with E-state index in [1.54, 1.807) is 0 Å².